The fourth-order valence-corrected chi connectivity index (χ4v) is 3.12. The molecule has 1 aromatic heterocycles. The summed E-state index contributed by atoms with van der Waals surface area (Å²) in [5.41, 5.74) is 12.7. The second-order valence-electron chi connectivity index (χ2n) is 6.41. The first-order chi connectivity index (χ1) is 10.5. The molecule has 0 aliphatic heterocycles. The standard InChI is InChI=1S/C20H24N2/c1-14-8-9-15(2)17(10-14)12-22-13-18(11-16(3)21)19-6-4-5-7-20(19)22/h4-10,13,16H,11-12,21H2,1-3H3/t16-/m0/s1. The van der Waals surface area contributed by atoms with Crippen LogP contribution in [-0.4, -0.2) is 10.6 Å². The number of para-hydroxylation sites is 1. The molecule has 0 saturated carbocycles. The van der Waals surface area contributed by atoms with E-state index in [0.717, 1.165) is 13.0 Å². The van der Waals surface area contributed by atoms with Crippen LogP contribution in [0.4, 0.5) is 0 Å². The minimum absolute atomic E-state index is 0.181. The summed E-state index contributed by atoms with van der Waals surface area (Å²) >= 11 is 0. The van der Waals surface area contributed by atoms with E-state index in [4.69, 9.17) is 5.73 Å². The van der Waals surface area contributed by atoms with Crippen molar-refractivity contribution in [1.29, 1.82) is 0 Å². The van der Waals surface area contributed by atoms with Crippen molar-refractivity contribution in [3.05, 3.63) is 70.9 Å². The van der Waals surface area contributed by atoms with Crippen molar-refractivity contribution < 1.29 is 0 Å². The second kappa shape index (κ2) is 5.98. The topological polar surface area (TPSA) is 30.9 Å². The van der Waals surface area contributed by atoms with E-state index in [1.165, 1.54) is 33.2 Å². The summed E-state index contributed by atoms with van der Waals surface area (Å²) in [6.45, 7) is 7.31. The third-order valence-corrected chi connectivity index (χ3v) is 4.26. The van der Waals surface area contributed by atoms with Crippen LogP contribution < -0.4 is 5.73 Å². The molecule has 1 atom stereocenters. The van der Waals surface area contributed by atoms with Crippen LogP contribution in [-0.2, 0) is 13.0 Å². The number of fused-ring (bicyclic) bond motifs is 1. The van der Waals surface area contributed by atoms with Crippen LogP contribution >= 0.6 is 0 Å². The van der Waals surface area contributed by atoms with E-state index < -0.39 is 0 Å². The lowest BCUT2D eigenvalue weighted by atomic mass is 10.1. The van der Waals surface area contributed by atoms with Crippen LogP contribution in [0, 0.1) is 13.8 Å². The lowest BCUT2D eigenvalue weighted by molar-refractivity contribution is 0.734. The molecule has 3 aromatic rings. The molecule has 0 amide bonds. The van der Waals surface area contributed by atoms with E-state index in [2.05, 4.69) is 74.0 Å². The number of rotatable bonds is 4. The zero-order chi connectivity index (χ0) is 15.7. The largest absolute Gasteiger partial charge is 0.343 e. The maximum atomic E-state index is 6.01. The second-order valence-corrected chi connectivity index (χ2v) is 6.41. The van der Waals surface area contributed by atoms with E-state index in [-0.39, 0.29) is 6.04 Å². The van der Waals surface area contributed by atoms with Crippen molar-refractivity contribution >= 4 is 10.9 Å². The molecule has 3 rings (SSSR count). The molecule has 0 spiro atoms. The van der Waals surface area contributed by atoms with Crippen LogP contribution in [0.1, 0.15) is 29.2 Å². The van der Waals surface area contributed by atoms with E-state index >= 15 is 0 Å². The average Bonchev–Trinajstić information content (AvgIpc) is 2.81. The minimum Gasteiger partial charge on any atom is -0.343 e. The van der Waals surface area contributed by atoms with Gasteiger partial charge in [-0.15, -0.1) is 0 Å². The number of aromatic nitrogens is 1. The molecule has 0 aliphatic carbocycles. The Morgan fingerprint density at radius 1 is 1.05 bits per heavy atom. The Labute approximate surface area is 132 Å². The number of nitrogens with zero attached hydrogens (tertiary/aromatic N) is 1. The smallest absolute Gasteiger partial charge is 0.0486 e. The van der Waals surface area contributed by atoms with Crippen LogP contribution in [0.3, 0.4) is 0 Å². The molecule has 2 aromatic carbocycles. The first-order valence-electron chi connectivity index (χ1n) is 7.93. The predicted octanol–water partition coefficient (Wildman–Crippen LogP) is 4.20. The van der Waals surface area contributed by atoms with Crippen molar-refractivity contribution in [2.45, 2.75) is 39.8 Å². The van der Waals surface area contributed by atoms with E-state index in [1.54, 1.807) is 0 Å². The fourth-order valence-electron chi connectivity index (χ4n) is 3.12. The molecular formula is C20H24N2. The van der Waals surface area contributed by atoms with Crippen LogP contribution in [0.2, 0.25) is 0 Å². The van der Waals surface area contributed by atoms with Gasteiger partial charge in [0.2, 0.25) is 0 Å². The number of nitrogens with two attached hydrogens (primary N) is 1. The number of hydrogen-bond acceptors (Lipinski definition) is 1. The van der Waals surface area contributed by atoms with Gasteiger partial charge in [-0.1, -0.05) is 42.0 Å². The summed E-state index contributed by atoms with van der Waals surface area (Å²) < 4.78 is 2.36. The van der Waals surface area contributed by atoms with Crippen molar-refractivity contribution in [3.8, 4) is 0 Å². The lowest BCUT2D eigenvalue weighted by Gasteiger charge is -2.10. The highest BCUT2D eigenvalue weighted by atomic mass is 15.0. The molecule has 0 radical (unpaired) electrons. The summed E-state index contributed by atoms with van der Waals surface area (Å²) in [7, 11) is 0. The minimum atomic E-state index is 0.181. The van der Waals surface area contributed by atoms with Gasteiger partial charge in [-0.05, 0) is 49.9 Å². The summed E-state index contributed by atoms with van der Waals surface area (Å²) in [5, 5.41) is 1.32. The van der Waals surface area contributed by atoms with Gasteiger partial charge >= 0.3 is 0 Å². The Morgan fingerprint density at radius 2 is 1.82 bits per heavy atom. The average molecular weight is 292 g/mol. The molecule has 22 heavy (non-hydrogen) atoms. The number of aryl methyl sites for hydroxylation is 2. The molecule has 114 valence electrons. The van der Waals surface area contributed by atoms with Gasteiger partial charge in [0.15, 0.2) is 0 Å². The third kappa shape index (κ3) is 2.93. The molecule has 0 aliphatic rings. The Kier molecular flexibility index (Phi) is 4.04. The summed E-state index contributed by atoms with van der Waals surface area (Å²) in [5.74, 6) is 0. The highest BCUT2D eigenvalue weighted by Crippen LogP contribution is 2.24. The Morgan fingerprint density at radius 3 is 2.59 bits per heavy atom. The van der Waals surface area contributed by atoms with E-state index in [1.807, 2.05) is 0 Å². The SMILES string of the molecule is Cc1ccc(C)c(Cn2cc(C[C@H](C)N)c3ccccc32)c1. The van der Waals surface area contributed by atoms with Gasteiger partial charge in [0.25, 0.3) is 0 Å². The van der Waals surface area contributed by atoms with Gasteiger partial charge in [-0.2, -0.15) is 0 Å². The molecule has 0 saturated heterocycles. The van der Waals surface area contributed by atoms with Crippen molar-refractivity contribution in [2.75, 3.05) is 0 Å². The van der Waals surface area contributed by atoms with Crippen molar-refractivity contribution in [1.82, 2.24) is 4.57 Å². The number of benzene rings is 2. The van der Waals surface area contributed by atoms with Gasteiger partial charge in [0, 0.05) is 29.7 Å². The zero-order valence-electron chi connectivity index (χ0n) is 13.6. The highest BCUT2D eigenvalue weighted by Gasteiger charge is 2.10. The lowest BCUT2D eigenvalue weighted by Crippen LogP contribution is -2.17. The van der Waals surface area contributed by atoms with Crippen LogP contribution in [0.5, 0.6) is 0 Å². The fraction of sp³-hybridized carbons (Fsp3) is 0.300. The van der Waals surface area contributed by atoms with Gasteiger partial charge in [0.05, 0.1) is 0 Å². The highest BCUT2D eigenvalue weighted by molar-refractivity contribution is 5.84. The van der Waals surface area contributed by atoms with Gasteiger partial charge < -0.3 is 10.3 Å². The van der Waals surface area contributed by atoms with Crippen molar-refractivity contribution in [3.63, 3.8) is 0 Å². The first-order valence-corrected chi connectivity index (χ1v) is 7.93. The maximum absolute atomic E-state index is 6.01. The summed E-state index contributed by atoms with van der Waals surface area (Å²) in [6, 6.07) is 15.5. The zero-order valence-corrected chi connectivity index (χ0v) is 13.6. The number of hydrogen-bond donors (Lipinski definition) is 1. The third-order valence-electron chi connectivity index (χ3n) is 4.26. The van der Waals surface area contributed by atoms with Crippen LogP contribution in [0.15, 0.2) is 48.7 Å². The Hall–Kier alpha value is -2.06. The first kappa shape index (κ1) is 14.9. The molecule has 0 unspecified atom stereocenters. The van der Waals surface area contributed by atoms with E-state index in [0.29, 0.717) is 0 Å². The monoisotopic (exact) mass is 292 g/mol. The molecule has 1 heterocycles. The van der Waals surface area contributed by atoms with Gasteiger partial charge in [0.1, 0.15) is 0 Å². The molecule has 2 heteroatoms. The van der Waals surface area contributed by atoms with Gasteiger partial charge in [-0.25, -0.2) is 0 Å². The molecule has 0 fully saturated rings. The predicted molar refractivity (Wildman–Crippen MR) is 94.3 cm³/mol. The summed E-state index contributed by atoms with van der Waals surface area (Å²) in [6.07, 6.45) is 3.19. The Balaban J connectivity index is 2.05. The molecule has 2 N–H and O–H groups in total. The Bertz CT molecular complexity index is 797. The normalized spacial score (nSPS) is 12.7. The molecular weight excluding hydrogens is 268 g/mol. The molecule has 2 nitrogen and oxygen atoms in total. The van der Waals surface area contributed by atoms with E-state index in [9.17, 15) is 0 Å². The van der Waals surface area contributed by atoms with Crippen LogP contribution in [0.25, 0.3) is 10.9 Å². The maximum Gasteiger partial charge on any atom is 0.0486 e. The summed E-state index contributed by atoms with van der Waals surface area (Å²) in [4.78, 5) is 0. The quantitative estimate of drug-likeness (QED) is 0.768. The molecule has 0 bridgehead atoms. The van der Waals surface area contributed by atoms with Gasteiger partial charge in [-0.3, -0.25) is 0 Å². The van der Waals surface area contributed by atoms with Crippen molar-refractivity contribution in [2.24, 2.45) is 5.73 Å².